The molecule has 1 heterocycles. The number of aryl methyl sites for hydroxylation is 1. The fourth-order valence-corrected chi connectivity index (χ4v) is 5.05. The van der Waals surface area contributed by atoms with Crippen LogP contribution in [0, 0.1) is 6.92 Å². The van der Waals surface area contributed by atoms with E-state index in [2.05, 4.69) is 48.3 Å². The zero-order chi connectivity index (χ0) is 23.6. The minimum Gasteiger partial charge on any atom is -0.352 e. The summed E-state index contributed by atoms with van der Waals surface area (Å²) in [5.74, 6) is 0.245. The van der Waals surface area contributed by atoms with E-state index in [1.807, 2.05) is 0 Å². The molecule has 2 rings (SSSR count). The lowest BCUT2D eigenvalue weighted by molar-refractivity contribution is -0.122. The van der Waals surface area contributed by atoms with Gasteiger partial charge in [0.15, 0.2) is 0 Å². The molecule has 0 saturated carbocycles. The molecule has 1 aliphatic rings. The molecule has 3 heteroatoms. The number of hydrogen-bond acceptors (Lipinski definition) is 2. The van der Waals surface area contributed by atoms with Crippen molar-refractivity contribution in [3.63, 3.8) is 0 Å². The second-order valence-electron chi connectivity index (χ2n) is 10.5. The van der Waals surface area contributed by atoms with Gasteiger partial charge in [0.05, 0.1) is 0 Å². The number of carbonyl (C=O) groups is 1. The Bertz CT molecular complexity index is 606. The van der Waals surface area contributed by atoms with E-state index in [4.69, 9.17) is 0 Å². The van der Waals surface area contributed by atoms with E-state index in [1.54, 1.807) is 0 Å². The monoisotopic (exact) mass is 456 g/mol. The maximum absolute atomic E-state index is 12.6. The van der Waals surface area contributed by atoms with Crippen LogP contribution >= 0.6 is 0 Å². The number of amides is 1. The standard InChI is InChI=1S/C30H52N2O/c1-3-4-5-6-7-8-9-10-11-12-13-14-15-18-30(33)31-29(26-32-23-16-17-24-32)25-28-21-19-27(2)20-22-28/h19-22,29H,3-18,23-26H2,1-2H3,(H,31,33). The molecule has 0 aliphatic carbocycles. The van der Waals surface area contributed by atoms with E-state index in [0.29, 0.717) is 6.42 Å². The van der Waals surface area contributed by atoms with Gasteiger partial charge in [-0.2, -0.15) is 0 Å². The zero-order valence-electron chi connectivity index (χ0n) is 21.9. The predicted molar refractivity (Wildman–Crippen MR) is 143 cm³/mol. The van der Waals surface area contributed by atoms with Gasteiger partial charge < -0.3 is 10.2 Å². The van der Waals surface area contributed by atoms with Gasteiger partial charge in [-0.3, -0.25) is 4.79 Å². The first kappa shape index (κ1) is 27.9. The summed E-state index contributed by atoms with van der Waals surface area (Å²) in [5, 5.41) is 3.37. The van der Waals surface area contributed by atoms with E-state index < -0.39 is 0 Å². The molecular weight excluding hydrogens is 404 g/mol. The highest BCUT2D eigenvalue weighted by atomic mass is 16.1. The van der Waals surface area contributed by atoms with Gasteiger partial charge in [0, 0.05) is 19.0 Å². The van der Waals surface area contributed by atoms with Crippen molar-refractivity contribution in [2.75, 3.05) is 19.6 Å². The SMILES string of the molecule is CCCCCCCCCCCCCCCC(=O)NC(Cc1ccc(C)cc1)CN1CCCC1. The molecule has 0 aromatic heterocycles. The van der Waals surface area contributed by atoms with Gasteiger partial charge in [0.1, 0.15) is 0 Å². The lowest BCUT2D eigenvalue weighted by atomic mass is 10.0. The highest BCUT2D eigenvalue weighted by Crippen LogP contribution is 2.14. The Morgan fingerprint density at radius 2 is 1.33 bits per heavy atom. The second kappa shape index (κ2) is 18.0. The van der Waals surface area contributed by atoms with Crippen LogP contribution in [0.4, 0.5) is 0 Å². The molecule has 0 spiro atoms. The minimum absolute atomic E-state index is 0.222. The Labute approximate surface area is 205 Å². The average Bonchev–Trinajstić information content (AvgIpc) is 3.31. The molecule has 188 valence electrons. The van der Waals surface area contributed by atoms with Crippen molar-refractivity contribution < 1.29 is 4.79 Å². The summed E-state index contributed by atoms with van der Waals surface area (Å²) in [4.78, 5) is 15.2. The van der Waals surface area contributed by atoms with E-state index in [-0.39, 0.29) is 11.9 Å². The number of rotatable bonds is 19. The van der Waals surface area contributed by atoms with Gasteiger partial charge in [-0.05, 0) is 51.3 Å². The van der Waals surface area contributed by atoms with Crippen molar-refractivity contribution in [1.29, 1.82) is 0 Å². The van der Waals surface area contributed by atoms with Crippen LogP contribution in [0.1, 0.15) is 121 Å². The number of unbranched alkanes of at least 4 members (excludes halogenated alkanes) is 12. The first-order chi connectivity index (χ1) is 16.2. The van der Waals surface area contributed by atoms with Crippen LogP contribution in [0.5, 0.6) is 0 Å². The lowest BCUT2D eigenvalue weighted by Crippen LogP contribution is -2.44. The number of likely N-dealkylation sites (tertiary alicyclic amines) is 1. The molecule has 1 aliphatic heterocycles. The number of hydrogen-bond donors (Lipinski definition) is 1. The zero-order valence-corrected chi connectivity index (χ0v) is 21.9. The normalized spacial score (nSPS) is 15.1. The van der Waals surface area contributed by atoms with Crippen LogP contribution in [0.25, 0.3) is 0 Å². The van der Waals surface area contributed by atoms with Gasteiger partial charge in [0.25, 0.3) is 0 Å². The lowest BCUT2D eigenvalue weighted by Gasteiger charge is -2.25. The summed E-state index contributed by atoms with van der Waals surface area (Å²) in [6.07, 6.45) is 21.7. The Morgan fingerprint density at radius 1 is 0.818 bits per heavy atom. The largest absolute Gasteiger partial charge is 0.352 e. The highest BCUT2D eigenvalue weighted by Gasteiger charge is 2.19. The van der Waals surface area contributed by atoms with Gasteiger partial charge in [-0.15, -0.1) is 0 Å². The Morgan fingerprint density at radius 3 is 1.88 bits per heavy atom. The second-order valence-corrected chi connectivity index (χ2v) is 10.5. The molecule has 1 aromatic carbocycles. The molecule has 1 unspecified atom stereocenters. The molecule has 1 atom stereocenters. The maximum Gasteiger partial charge on any atom is 0.220 e. The fourth-order valence-electron chi connectivity index (χ4n) is 5.05. The van der Waals surface area contributed by atoms with Crippen LogP contribution < -0.4 is 5.32 Å². The quantitative estimate of drug-likeness (QED) is 0.217. The van der Waals surface area contributed by atoms with Gasteiger partial charge >= 0.3 is 0 Å². The van der Waals surface area contributed by atoms with Crippen molar-refractivity contribution in [2.45, 2.75) is 129 Å². The molecule has 1 saturated heterocycles. The van der Waals surface area contributed by atoms with Gasteiger partial charge in [0.2, 0.25) is 5.91 Å². The maximum atomic E-state index is 12.6. The van der Waals surface area contributed by atoms with Crippen molar-refractivity contribution >= 4 is 5.91 Å². The summed E-state index contributed by atoms with van der Waals surface area (Å²) in [6, 6.07) is 9.01. The topological polar surface area (TPSA) is 32.3 Å². The number of carbonyl (C=O) groups excluding carboxylic acids is 1. The predicted octanol–water partition coefficient (Wildman–Crippen LogP) is 7.60. The summed E-state index contributed by atoms with van der Waals surface area (Å²) >= 11 is 0. The van der Waals surface area contributed by atoms with Crippen molar-refractivity contribution in [1.82, 2.24) is 10.2 Å². The van der Waals surface area contributed by atoms with Crippen molar-refractivity contribution in [2.24, 2.45) is 0 Å². The van der Waals surface area contributed by atoms with Gasteiger partial charge in [-0.1, -0.05) is 114 Å². The summed E-state index contributed by atoms with van der Waals surface area (Å²) in [7, 11) is 0. The van der Waals surface area contributed by atoms with Crippen LogP contribution in [0.2, 0.25) is 0 Å². The van der Waals surface area contributed by atoms with E-state index in [1.165, 1.54) is 114 Å². The van der Waals surface area contributed by atoms with Gasteiger partial charge in [-0.25, -0.2) is 0 Å². The molecule has 0 radical (unpaired) electrons. The molecular formula is C30H52N2O. The Hall–Kier alpha value is -1.35. The summed E-state index contributed by atoms with van der Waals surface area (Å²) in [6.45, 7) is 7.75. The third-order valence-electron chi connectivity index (χ3n) is 7.15. The van der Waals surface area contributed by atoms with Crippen LogP contribution in [-0.2, 0) is 11.2 Å². The Balaban J connectivity index is 1.54. The average molecular weight is 457 g/mol. The van der Waals surface area contributed by atoms with Crippen LogP contribution in [-0.4, -0.2) is 36.5 Å². The molecule has 1 N–H and O–H groups in total. The number of benzene rings is 1. The molecule has 1 fully saturated rings. The minimum atomic E-state index is 0.222. The number of nitrogens with one attached hydrogen (secondary N) is 1. The molecule has 1 amide bonds. The van der Waals surface area contributed by atoms with Crippen LogP contribution in [0.15, 0.2) is 24.3 Å². The molecule has 1 aromatic rings. The first-order valence-electron chi connectivity index (χ1n) is 14.2. The van der Waals surface area contributed by atoms with Crippen LogP contribution in [0.3, 0.4) is 0 Å². The van der Waals surface area contributed by atoms with E-state index in [9.17, 15) is 4.79 Å². The molecule has 0 bridgehead atoms. The van der Waals surface area contributed by atoms with Crippen molar-refractivity contribution in [3.8, 4) is 0 Å². The third kappa shape index (κ3) is 13.8. The van der Waals surface area contributed by atoms with E-state index >= 15 is 0 Å². The fraction of sp³-hybridized carbons (Fsp3) is 0.767. The summed E-state index contributed by atoms with van der Waals surface area (Å²) in [5.41, 5.74) is 2.62. The summed E-state index contributed by atoms with van der Waals surface area (Å²) < 4.78 is 0. The highest BCUT2D eigenvalue weighted by molar-refractivity contribution is 5.76. The number of nitrogens with zero attached hydrogens (tertiary/aromatic N) is 1. The third-order valence-corrected chi connectivity index (χ3v) is 7.15. The Kier molecular flexibility index (Phi) is 15.2. The molecule has 3 nitrogen and oxygen atoms in total. The first-order valence-corrected chi connectivity index (χ1v) is 14.2. The van der Waals surface area contributed by atoms with E-state index in [0.717, 1.165) is 19.4 Å². The van der Waals surface area contributed by atoms with Crippen molar-refractivity contribution in [3.05, 3.63) is 35.4 Å². The smallest absolute Gasteiger partial charge is 0.220 e. The molecule has 33 heavy (non-hydrogen) atoms.